The Bertz CT molecular complexity index is 616. The highest BCUT2D eigenvalue weighted by molar-refractivity contribution is 7.14. The smallest absolute Gasteiger partial charge is 0.257 e. The predicted octanol–water partition coefficient (Wildman–Crippen LogP) is 2.76. The van der Waals surface area contributed by atoms with Crippen molar-refractivity contribution in [1.82, 2.24) is 9.97 Å². The molecule has 2 rings (SSSR count). The summed E-state index contributed by atoms with van der Waals surface area (Å²) in [5.41, 5.74) is 4.76. The minimum absolute atomic E-state index is 0.215. The largest absolute Gasteiger partial charge is 0.308 e. The first-order chi connectivity index (χ1) is 10.0. The van der Waals surface area contributed by atoms with Crippen molar-refractivity contribution >= 4 is 28.2 Å². The van der Waals surface area contributed by atoms with Crippen LogP contribution in [0.5, 0.6) is 0 Å². The number of aryl methyl sites for hydroxylation is 1. The summed E-state index contributed by atoms with van der Waals surface area (Å²) in [5, 5.41) is 5.36. The number of pyridine rings is 1. The molecule has 0 aliphatic heterocycles. The highest BCUT2D eigenvalue weighted by Gasteiger charge is 2.12. The maximum absolute atomic E-state index is 12.3. The van der Waals surface area contributed by atoms with Crippen LogP contribution in [0.1, 0.15) is 48.4 Å². The van der Waals surface area contributed by atoms with Crippen molar-refractivity contribution in [3.05, 3.63) is 34.5 Å². The van der Waals surface area contributed by atoms with Crippen molar-refractivity contribution in [2.45, 2.75) is 33.1 Å². The van der Waals surface area contributed by atoms with Crippen LogP contribution in [0.15, 0.2) is 17.5 Å². The van der Waals surface area contributed by atoms with E-state index in [0.29, 0.717) is 22.4 Å². The van der Waals surface area contributed by atoms with Gasteiger partial charge in [0.2, 0.25) is 0 Å². The van der Waals surface area contributed by atoms with Crippen molar-refractivity contribution in [2.24, 2.45) is 5.84 Å². The van der Waals surface area contributed by atoms with Crippen molar-refractivity contribution < 1.29 is 4.79 Å². The zero-order chi connectivity index (χ0) is 15.4. The maximum atomic E-state index is 12.3. The van der Waals surface area contributed by atoms with Gasteiger partial charge in [-0.3, -0.25) is 10.1 Å². The van der Waals surface area contributed by atoms with Gasteiger partial charge >= 0.3 is 0 Å². The van der Waals surface area contributed by atoms with Gasteiger partial charge < -0.3 is 5.43 Å². The molecule has 0 saturated carbocycles. The summed E-state index contributed by atoms with van der Waals surface area (Å²) in [5.74, 6) is 5.98. The number of hydrazine groups is 1. The number of nitrogen functional groups attached to an aromatic ring is 1. The van der Waals surface area contributed by atoms with Gasteiger partial charge in [-0.15, -0.1) is 11.3 Å². The summed E-state index contributed by atoms with van der Waals surface area (Å²) >= 11 is 1.42. The van der Waals surface area contributed by atoms with Crippen LogP contribution in [0.25, 0.3) is 0 Å². The standard InChI is InChI=1S/C14H19N5OS/c1-4-10-5-9(6-12(16-10)19-15)13(20)18-14-17-11(7-21-14)8(2)3/h5-8H,4,15H2,1-3H3,(H,16,19)(H,17,18,20). The second-order valence-corrected chi connectivity index (χ2v) is 5.77. The molecule has 0 spiro atoms. The maximum Gasteiger partial charge on any atom is 0.257 e. The van der Waals surface area contributed by atoms with Crippen molar-refractivity contribution in [1.29, 1.82) is 0 Å². The second kappa shape index (κ2) is 6.64. The number of hydrogen-bond donors (Lipinski definition) is 3. The van der Waals surface area contributed by atoms with E-state index >= 15 is 0 Å². The van der Waals surface area contributed by atoms with E-state index in [0.717, 1.165) is 17.8 Å². The molecular formula is C14H19N5OS. The van der Waals surface area contributed by atoms with Crippen LogP contribution in [0, 0.1) is 0 Å². The quantitative estimate of drug-likeness (QED) is 0.583. The third-order valence-corrected chi connectivity index (χ3v) is 3.76. The van der Waals surface area contributed by atoms with E-state index in [2.05, 4.69) is 34.6 Å². The summed E-state index contributed by atoms with van der Waals surface area (Å²) in [6.07, 6.45) is 0.727. The molecule has 2 heterocycles. The zero-order valence-corrected chi connectivity index (χ0v) is 13.1. The number of carbonyl (C=O) groups is 1. The average molecular weight is 305 g/mol. The molecule has 0 atom stereocenters. The van der Waals surface area contributed by atoms with E-state index in [1.165, 1.54) is 11.3 Å². The van der Waals surface area contributed by atoms with Crippen LogP contribution in [-0.2, 0) is 6.42 Å². The van der Waals surface area contributed by atoms with E-state index in [-0.39, 0.29) is 5.91 Å². The molecule has 2 aromatic rings. The lowest BCUT2D eigenvalue weighted by molar-refractivity contribution is 0.102. The van der Waals surface area contributed by atoms with Crippen LogP contribution in [0.4, 0.5) is 10.9 Å². The van der Waals surface area contributed by atoms with Gasteiger partial charge in [0.1, 0.15) is 5.82 Å². The Morgan fingerprint density at radius 2 is 2.14 bits per heavy atom. The molecule has 0 unspecified atom stereocenters. The SMILES string of the molecule is CCc1cc(C(=O)Nc2nc(C(C)C)cs2)cc(NN)n1. The van der Waals surface area contributed by atoms with Crippen LogP contribution in [0.3, 0.4) is 0 Å². The molecule has 0 aliphatic carbocycles. The normalized spacial score (nSPS) is 10.7. The van der Waals surface area contributed by atoms with Crippen molar-refractivity contribution in [3.63, 3.8) is 0 Å². The van der Waals surface area contributed by atoms with Gasteiger partial charge in [-0.1, -0.05) is 20.8 Å². The number of nitrogens with two attached hydrogens (primary N) is 1. The molecule has 0 fully saturated rings. The highest BCUT2D eigenvalue weighted by Crippen LogP contribution is 2.22. The first kappa shape index (κ1) is 15.4. The van der Waals surface area contributed by atoms with Gasteiger partial charge in [-0.25, -0.2) is 15.8 Å². The predicted molar refractivity (Wildman–Crippen MR) is 85.6 cm³/mol. The summed E-state index contributed by atoms with van der Waals surface area (Å²) in [7, 11) is 0. The minimum atomic E-state index is -0.215. The van der Waals surface area contributed by atoms with Crippen LogP contribution in [0.2, 0.25) is 0 Å². The number of anilines is 2. The molecule has 0 bridgehead atoms. The molecule has 7 heteroatoms. The molecule has 112 valence electrons. The van der Waals surface area contributed by atoms with Gasteiger partial charge in [0.25, 0.3) is 5.91 Å². The van der Waals surface area contributed by atoms with E-state index in [1.54, 1.807) is 12.1 Å². The van der Waals surface area contributed by atoms with E-state index in [9.17, 15) is 4.79 Å². The van der Waals surface area contributed by atoms with Gasteiger partial charge in [-0.2, -0.15) is 0 Å². The Kier molecular flexibility index (Phi) is 4.87. The number of hydrogen-bond acceptors (Lipinski definition) is 6. The summed E-state index contributed by atoms with van der Waals surface area (Å²) in [6, 6.07) is 3.37. The number of amides is 1. The Labute approximate surface area is 127 Å². The van der Waals surface area contributed by atoms with Crippen molar-refractivity contribution in [2.75, 3.05) is 10.7 Å². The number of nitrogens with zero attached hydrogens (tertiary/aromatic N) is 2. The lowest BCUT2D eigenvalue weighted by atomic mass is 10.2. The monoisotopic (exact) mass is 305 g/mol. The van der Waals surface area contributed by atoms with Gasteiger partial charge in [-0.05, 0) is 24.5 Å². The molecule has 0 aliphatic rings. The number of carbonyl (C=O) groups excluding carboxylic acids is 1. The van der Waals surface area contributed by atoms with Crippen LogP contribution >= 0.6 is 11.3 Å². The molecule has 4 N–H and O–H groups in total. The molecule has 0 aromatic carbocycles. The number of thiazole rings is 1. The molecular weight excluding hydrogens is 286 g/mol. The minimum Gasteiger partial charge on any atom is -0.308 e. The highest BCUT2D eigenvalue weighted by atomic mass is 32.1. The number of aromatic nitrogens is 2. The van der Waals surface area contributed by atoms with Gasteiger partial charge in [0.05, 0.1) is 5.69 Å². The third-order valence-electron chi connectivity index (χ3n) is 2.98. The number of nitrogens with one attached hydrogen (secondary N) is 2. The zero-order valence-electron chi connectivity index (χ0n) is 12.3. The van der Waals surface area contributed by atoms with Crippen molar-refractivity contribution in [3.8, 4) is 0 Å². The topological polar surface area (TPSA) is 92.9 Å². The fraction of sp³-hybridized carbons (Fsp3) is 0.357. The van der Waals surface area contributed by atoms with E-state index in [4.69, 9.17) is 5.84 Å². The van der Waals surface area contributed by atoms with Crippen LogP contribution < -0.4 is 16.6 Å². The summed E-state index contributed by atoms with van der Waals surface area (Å²) in [4.78, 5) is 20.9. The Morgan fingerprint density at radius 1 is 1.38 bits per heavy atom. The first-order valence-electron chi connectivity index (χ1n) is 6.77. The molecule has 2 aromatic heterocycles. The molecule has 6 nitrogen and oxygen atoms in total. The van der Waals surface area contributed by atoms with Gasteiger partial charge in [0, 0.05) is 16.6 Å². The van der Waals surface area contributed by atoms with E-state index < -0.39 is 0 Å². The fourth-order valence-electron chi connectivity index (χ4n) is 1.75. The van der Waals surface area contributed by atoms with Crippen LogP contribution in [-0.4, -0.2) is 15.9 Å². The fourth-order valence-corrected chi connectivity index (χ4v) is 2.62. The second-order valence-electron chi connectivity index (χ2n) is 4.92. The van der Waals surface area contributed by atoms with E-state index in [1.807, 2.05) is 12.3 Å². The molecule has 1 amide bonds. The Balaban J connectivity index is 2.19. The summed E-state index contributed by atoms with van der Waals surface area (Å²) < 4.78 is 0. The number of rotatable bonds is 5. The molecule has 0 radical (unpaired) electrons. The lowest BCUT2D eigenvalue weighted by Gasteiger charge is -2.07. The molecule has 21 heavy (non-hydrogen) atoms. The average Bonchev–Trinajstić information content (AvgIpc) is 2.95. The Hall–Kier alpha value is -1.99. The summed E-state index contributed by atoms with van der Waals surface area (Å²) in [6.45, 7) is 6.10. The van der Waals surface area contributed by atoms with Gasteiger partial charge in [0.15, 0.2) is 5.13 Å². The third kappa shape index (κ3) is 3.77. The molecule has 0 saturated heterocycles. The lowest BCUT2D eigenvalue weighted by Crippen LogP contribution is -2.15. The first-order valence-corrected chi connectivity index (χ1v) is 7.65. The Morgan fingerprint density at radius 3 is 2.71 bits per heavy atom.